The SMILES string of the molecule is COc1ccc(C)c2c(-c3cc(N)n[nH]3)c[nH]c12. The van der Waals surface area contributed by atoms with Crippen molar-refractivity contribution in [1.82, 2.24) is 15.2 Å². The van der Waals surface area contributed by atoms with Gasteiger partial charge in [0.25, 0.3) is 0 Å². The summed E-state index contributed by atoms with van der Waals surface area (Å²) in [6.45, 7) is 2.07. The van der Waals surface area contributed by atoms with Crippen LogP contribution in [-0.4, -0.2) is 22.3 Å². The second-order valence-electron chi connectivity index (χ2n) is 4.24. The third-order valence-corrected chi connectivity index (χ3v) is 3.11. The third kappa shape index (κ3) is 1.44. The van der Waals surface area contributed by atoms with E-state index in [1.165, 1.54) is 5.56 Å². The zero-order chi connectivity index (χ0) is 12.7. The van der Waals surface area contributed by atoms with E-state index in [2.05, 4.69) is 22.1 Å². The number of nitrogens with one attached hydrogen (secondary N) is 2. The molecule has 5 heteroatoms. The average molecular weight is 242 g/mol. The van der Waals surface area contributed by atoms with Crippen LogP contribution < -0.4 is 10.5 Å². The lowest BCUT2D eigenvalue weighted by Gasteiger charge is -2.04. The molecule has 0 fully saturated rings. The predicted molar refractivity (Wildman–Crippen MR) is 71.6 cm³/mol. The van der Waals surface area contributed by atoms with Crippen LogP contribution in [0.4, 0.5) is 5.82 Å². The molecule has 0 aliphatic rings. The van der Waals surface area contributed by atoms with Crippen LogP contribution in [0.5, 0.6) is 5.75 Å². The number of hydrogen-bond acceptors (Lipinski definition) is 3. The zero-order valence-corrected chi connectivity index (χ0v) is 10.2. The summed E-state index contributed by atoms with van der Waals surface area (Å²) < 4.78 is 5.36. The predicted octanol–water partition coefficient (Wildman–Crippen LogP) is 2.46. The quantitative estimate of drug-likeness (QED) is 0.645. The molecule has 0 bridgehead atoms. The molecule has 0 atom stereocenters. The van der Waals surface area contributed by atoms with E-state index in [-0.39, 0.29) is 0 Å². The lowest BCUT2D eigenvalue weighted by Crippen LogP contribution is -1.86. The molecule has 1 aromatic carbocycles. The fourth-order valence-corrected chi connectivity index (χ4v) is 2.25. The van der Waals surface area contributed by atoms with Gasteiger partial charge in [0.05, 0.1) is 18.3 Å². The van der Waals surface area contributed by atoms with Gasteiger partial charge < -0.3 is 15.5 Å². The molecule has 92 valence electrons. The number of H-pyrrole nitrogens is 2. The third-order valence-electron chi connectivity index (χ3n) is 3.11. The Balaban J connectivity index is 2.31. The maximum absolute atomic E-state index is 5.65. The van der Waals surface area contributed by atoms with E-state index in [0.29, 0.717) is 5.82 Å². The molecular formula is C13H14N4O. The van der Waals surface area contributed by atoms with E-state index >= 15 is 0 Å². The van der Waals surface area contributed by atoms with E-state index in [9.17, 15) is 0 Å². The fraction of sp³-hybridized carbons (Fsp3) is 0.154. The molecule has 3 rings (SSSR count). The first-order valence-corrected chi connectivity index (χ1v) is 5.66. The van der Waals surface area contributed by atoms with Crippen molar-refractivity contribution in [3.63, 3.8) is 0 Å². The Morgan fingerprint density at radius 3 is 2.83 bits per heavy atom. The molecule has 4 N–H and O–H groups in total. The summed E-state index contributed by atoms with van der Waals surface area (Å²) in [7, 11) is 1.67. The second kappa shape index (κ2) is 3.80. The first kappa shape index (κ1) is 10.7. The van der Waals surface area contributed by atoms with Crippen molar-refractivity contribution in [2.24, 2.45) is 0 Å². The van der Waals surface area contributed by atoms with Crippen LogP contribution >= 0.6 is 0 Å². The van der Waals surface area contributed by atoms with Crippen molar-refractivity contribution in [2.45, 2.75) is 6.92 Å². The number of ether oxygens (including phenoxy) is 1. The monoisotopic (exact) mass is 242 g/mol. The Hall–Kier alpha value is -2.43. The van der Waals surface area contributed by atoms with Crippen molar-refractivity contribution < 1.29 is 4.74 Å². The average Bonchev–Trinajstić information content (AvgIpc) is 2.96. The van der Waals surface area contributed by atoms with Crippen LogP contribution in [0.2, 0.25) is 0 Å². The van der Waals surface area contributed by atoms with Gasteiger partial charge in [-0.05, 0) is 18.6 Å². The molecule has 0 aliphatic carbocycles. The van der Waals surface area contributed by atoms with Crippen LogP contribution in [-0.2, 0) is 0 Å². The second-order valence-corrected chi connectivity index (χ2v) is 4.24. The summed E-state index contributed by atoms with van der Waals surface area (Å²) >= 11 is 0. The summed E-state index contributed by atoms with van der Waals surface area (Å²) in [5.41, 5.74) is 9.75. The van der Waals surface area contributed by atoms with Crippen LogP contribution in [0.15, 0.2) is 24.4 Å². The van der Waals surface area contributed by atoms with Gasteiger partial charge in [-0.2, -0.15) is 5.10 Å². The van der Waals surface area contributed by atoms with Crippen molar-refractivity contribution in [3.05, 3.63) is 30.0 Å². The molecule has 18 heavy (non-hydrogen) atoms. The normalized spacial score (nSPS) is 11.0. The van der Waals surface area contributed by atoms with E-state index in [1.807, 2.05) is 24.4 Å². The zero-order valence-electron chi connectivity index (χ0n) is 10.2. The molecule has 2 aromatic heterocycles. The van der Waals surface area contributed by atoms with Crippen LogP contribution in [0.1, 0.15) is 5.56 Å². The van der Waals surface area contributed by atoms with Crippen LogP contribution in [0.25, 0.3) is 22.2 Å². The van der Waals surface area contributed by atoms with Crippen LogP contribution in [0, 0.1) is 6.92 Å². The highest BCUT2D eigenvalue weighted by Gasteiger charge is 2.13. The molecular weight excluding hydrogens is 228 g/mol. The minimum atomic E-state index is 0.486. The number of hydrogen-bond donors (Lipinski definition) is 3. The van der Waals surface area contributed by atoms with Gasteiger partial charge in [0, 0.05) is 23.2 Å². The maximum Gasteiger partial charge on any atom is 0.145 e. The van der Waals surface area contributed by atoms with E-state index in [1.54, 1.807) is 7.11 Å². The number of fused-ring (bicyclic) bond motifs is 1. The Kier molecular flexibility index (Phi) is 2.26. The topological polar surface area (TPSA) is 79.7 Å². The molecule has 0 saturated carbocycles. The van der Waals surface area contributed by atoms with Gasteiger partial charge >= 0.3 is 0 Å². The van der Waals surface area contributed by atoms with E-state index in [4.69, 9.17) is 10.5 Å². The first-order valence-electron chi connectivity index (χ1n) is 5.66. The van der Waals surface area contributed by atoms with Gasteiger partial charge in [-0.25, -0.2) is 0 Å². The van der Waals surface area contributed by atoms with Crippen molar-refractivity contribution in [2.75, 3.05) is 12.8 Å². The highest BCUT2D eigenvalue weighted by Crippen LogP contribution is 2.35. The number of anilines is 1. The van der Waals surface area contributed by atoms with Crippen LogP contribution in [0.3, 0.4) is 0 Å². The van der Waals surface area contributed by atoms with E-state index < -0.39 is 0 Å². The molecule has 0 saturated heterocycles. The number of nitrogen functional groups attached to an aromatic ring is 1. The van der Waals surface area contributed by atoms with Crippen molar-refractivity contribution in [3.8, 4) is 17.0 Å². The highest BCUT2D eigenvalue weighted by molar-refractivity contribution is 6.00. The summed E-state index contributed by atoms with van der Waals surface area (Å²) in [6.07, 6.45) is 1.94. The maximum atomic E-state index is 5.65. The van der Waals surface area contributed by atoms with Gasteiger partial charge in [-0.15, -0.1) is 0 Å². The number of aromatic nitrogens is 3. The minimum absolute atomic E-state index is 0.486. The number of benzene rings is 1. The largest absolute Gasteiger partial charge is 0.495 e. The minimum Gasteiger partial charge on any atom is -0.495 e. The van der Waals surface area contributed by atoms with Gasteiger partial charge in [0.1, 0.15) is 11.6 Å². The lowest BCUT2D eigenvalue weighted by atomic mass is 10.0. The summed E-state index contributed by atoms with van der Waals surface area (Å²) in [4.78, 5) is 3.24. The number of nitrogens with zero attached hydrogens (tertiary/aromatic N) is 1. The summed E-state index contributed by atoms with van der Waals surface area (Å²) in [6, 6.07) is 5.82. The smallest absolute Gasteiger partial charge is 0.145 e. The van der Waals surface area contributed by atoms with Gasteiger partial charge in [0.2, 0.25) is 0 Å². The molecule has 2 heterocycles. The fourth-order valence-electron chi connectivity index (χ4n) is 2.25. The summed E-state index contributed by atoms with van der Waals surface area (Å²) in [5, 5.41) is 8.01. The molecule has 0 radical (unpaired) electrons. The standard InChI is InChI=1S/C13H14N4O/c1-7-3-4-10(18-2)13-12(7)8(6-15-13)9-5-11(14)17-16-9/h3-6,15H,1-2H3,(H3,14,16,17). The lowest BCUT2D eigenvalue weighted by molar-refractivity contribution is 0.419. The Bertz CT molecular complexity index is 711. The van der Waals surface area contributed by atoms with Gasteiger partial charge in [-0.3, -0.25) is 5.10 Å². The Labute approximate surface area is 104 Å². The number of rotatable bonds is 2. The Morgan fingerprint density at radius 2 is 2.17 bits per heavy atom. The molecule has 0 spiro atoms. The Morgan fingerprint density at radius 1 is 1.33 bits per heavy atom. The van der Waals surface area contributed by atoms with Gasteiger partial charge in [0.15, 0.2) is 0 Å². The first-order chi connectivity index (χ1) is 8.70. The highest BCUT2D eigenvalue weighted by atomic mass is 16.5. The number of nitrogens with two attached hydrogens (primary N) is 1. The van der Waals surface area contributed by atoms with Gasteiger partial charge in [-0.1, -0.05) is 6.07 Å². The molecule has 5 nitrogen and oxygen atoms in total. The molecule has 3 aromatic rings. The summed E-state index contributed by atoms with van der Waals surface area (Å²) in [5.74, 6) is 1.31. The van der Waals surface area contributed by atoms with Crippen molar-refractivity contribution in [1.29, 1.82) is 0 Å². The number of aromatic amines is 2. The van der Waals surface area contributed by atoms with Crippen molar-refractivity contribution >= 4 is 16.7 Å². The molecule has 0 unspecified atom stereocenters. The number of methoxy groups -OCH3 is 1. The molecule has 0 aliphatic heterocycles. The molecule has 0 amide bonds. The van der Waals surface area contributed by atoms with E-state index in [0.717, 1.165) is 27.9 Å². The number of aryl methyl sites for hydroxylation is 1.